The number of alkyl carbamates (subject to hydrolysis) is 1. The second kappa shape index (κ2) is 11.3. The zero-order valence-corrected chi connectivity index (χ0v) is 22.9. The first-order valence-electron chi connectivity index (χ1n) is 11.2. The lowest BCUT2D eigenvalue weighted by Crippen LogP contribution is -2.40. The van der Waals surface area contributed by atoms with Crippen molar-refractivity contribution in [2.45, 2.75) is 32.9 Å². The monoisotopic (exact) mass is 553 g/mol. The van der Waals surface area contributed by atoms with Crippen molar-refractivity contribution in [3.8, 4) is 22.5 Å². The fraction of sp³-hybridized carbons (Fsp3) is 0.391. The molecule has 3 rings (SSSR count). The van der Waals surface area contributed by atoms with Gasteiger partial charge >= 0.3 is 6.09 Å². The van der Waals surface area contributed by atoms with Gasteiger partial charge in [0.1, 0.15) is 5.69 Å². The minimum atomic E-state index is -3.76. The average molecular weight is 554 g/mol. The summed E-state index contributed by atoms with van der Waals surface area (Å²) in [6.07, 6.45) is 3.68. The molecule has 0 saturated carbocycles. The summed E-state index contributed by atoms with van der Waals surface area (Å²) in [4.78, 5) is 22.2. The van der Waals surface area contributed by atoms with Crippen molar-refractivity contribution in [2.24, 2.45) is 0 Å². The number of hydrogen-bond donors (Lipinski definition) is 2. The molecule has 1 atom stereocenters. The molecule has 2 aromatic heterocycles. The maximum atomic E-state index is 15.5. The van der Waals surface area contributed by atoms with Crippen LogP contribution in [0.2, 0.25) is 5.02 Å². The van der Waals surface area contributed by atoms with E-state index in [1.807, 2.05) is 20.8 Å². The number of nitrogens with zero attached hydrogens (tertiary/aromatic N) is 5. The highest BCUT2D eigenvalue weighted by atomic mass is 35.5. The van der Waals surface area contributed by atoms with Gasteiger partial charge in [0.2, 0.25) is 16.0 Å². The summed E-state index contributed by atoms with van der Waals surface area (Å²) in [6, 6.07) is 4.01. The van der Waals surface area contributed by atoms with E-state index in [2.05, 4.69) is 29.8 Å². The van der Waals surface area contributed by atoms with Gasteiger partial charge in [-0.25, -0.2) is 27.6 Å². The SMILES string of the molecule is COC(=O)NC[C@H](C)N(C)c1nccc(-c2cn(C(C)C)nc2-c2cc(Cl)cc(NS(C)(=O)=O)c2F)n1. The number of methoxy groups -OCH3 is 1. The summed E-state index contributed by atoms with van der Waals surface area (Å²) in [6.45, 7) is 6.00. The lowest BCUT2D eigenvalue weighted by atomic mass is 10.0. The van der Waals surface area contributed by atoms with E-state index >= 15 is 4.39 Å². The van der Waals surface area contributed by atoms with Gasteiger partial charge in [-0.2, -0.15) is 5.10 Å². The van der Waals surface area contributed by atoms with Crippen molar-refractivity contribution in [3.63, 3.8) is 0 Å². The van der Waals surface area contributed by atoms with E-state index in [9.17, 15) is 13.2 Å². The molecule has 0 bridgehead atoms. The van der Waals surface area contributed by atoms with Crippen LogP contribution < -0.4 is 14.9 Å². The number of ether oxygens (including phenoxy) is 1. The van der Waals surface area contributed by atoms with Crippen LogP contribution in [0, 0.1) is 5.82 Å². The predicted octanol–water partition coefficient (Wildman–Crippen LogP) is 3.93. The van der Waals surface area contributed by atoms with E-state index in [4.69, 9.17) is 11.6 Å². The molecule has 37 heavy (non-hydrogen) atoms. The van der Waals surface area contributed by atoms with Crippen molar-refractivity contribution in [1.29, 1.82) is 0 Å². The summed E-state index contributed by atoms with van der Waals surface area (Å²) in [5.74, 6) is -0.454. The van der Waals surface area contributed by atoms with Gasteiger partial charge in [0.05, 0.1) is 24.7 Å². The number of anilines is 2. The number of benzene rings is 1. The van der Waals surface area contributed by atoms with E-state index in [0.29, 0.717) is 17.2 Å². The first-order chi connectivity index (χ1) is 17.3. The quantitative estimate of drug-likeness (QED) is 0.407. The Bertz CT molecular complexity index is 1400. The molecule has 14 heteroatoms. The number of nitrogens with one attached hydrogen (secondary N) is 2. The molecule has 0 spiro atoms. The van der Waals surface area contributed by atoms with Gasteiger partial charge < -0.3 is 15.0 Å². The average Bonchev–Trinajstić information content (AvgIpc) is 3.28. The van der Waals surface area contributed by atoms with Crippen LogP contribution in [0.4, 0.5) is 20.8 Å². The second-order valence-electron chi connectivity index (χ2n) is 8.73. The van der Waals surface area contributed by atoms with Gasteiger partial charge in [0.15, 0.2) is 5.82 Å². The van der Waals surface area contributed by atoms with Crippen molar-refractivity contribution in [1.82, 2.24) is 25.1 Å². The normalized spacial score (nSPS) is 12.4. The van der Waals surface area contributed by atoms with Crippen molar-refractivity contribution in [3.05, 3.63) is 41.4 Å². The molecular weight excluding hydrogens is 525 g/mol. The Morgan fingerprint density at radius 3 is 2.59 bits per heavy atom. The van der Waals surface area contributed by atoms with Gasteiger partial charge in [0.25, 0.3) is 0 Å². The Balaban J connectivity index is 2.08. The second-order valence-corrected chi connectivity index (χ2v) is 10.9. The Morgan fingerprint density at radius 2 is 1.97 bits per heavy atom. The Labute approximate surface area is 220 Å². The van der Waals surface area contributed by atoms with Crippen LogP contribution in [0.15, 0.2) is 30.6 Å². The summed E-state index contributed by atoms with van der Waals surface area (Å²) < 4.78 is 47.5. The first-order valence-corrected chi connectivity index (χ1v) is 13.5. The van der Waals surface area contributed by atoms with Crippen LogP contribution in [0.1, 0.15) is 26.8 Å². The topological polar surface area (TPSA) is 131 Å². The number of carbonyl (C=O) groups excluding carboxylic acids is 1. The van der Waals surface area contributed by atoms with Crippen LogP contribution in [0.25, 0.3) is 22.5 Å². The first kappa shape index (κ1) is 28.1. The fourth-order valence-electron chi connectivity index (χ4n) is 3.38. The van der Waals surface area contributed by atoms with Gasteiger partial charge in [0, 0.05) is 54.2 Å². The third kappa shape index (κ3) is 6.86. The molecule has 0 saturated heterocycles. The number of hydrogen-bond acceptors (Lipinski definition) is 8. The van der Waals surface area contributed by atoms with Crippen LogP contribution in [0.3, 0.4) is 0 Å². The molecule has 1 amide bonds. The van der Waals surface area contributed by atoms with E-state index in [0.717, 1.165) is 6.26 Å². The molecule has 2 heterocycles. The van der Waals surface area contributed by atoms with Crippen LogP contribution in [-0.2, 0) is 14.8 Å². The molecule has 0 fully saturated rings. The number of carbonyl (C=O) groups is 1. The minimum Gasteiger partial charge on any atom is -0.453 e. The Morgan fingerprint density at radius 1 is 1.27 bits per heavy atom. The third-order valence-electron chi connectivity index (χ3n) is 5.47. The molecule has 1 aromatic carbocycles. The number of sulfonamides is 1. The van der Waals surface area contributed by atoms with E-state index < -0.39 is 21.9 Å². The number of halogens is 2. The van der Waals surface area contributed by atoms with Crippen molar-refractivity contribution in [2.75, 3.05) is 36.6 Å². The van der Waals surface area contributed by atoms with Gasteiger partial charge in [-0.3, -0.25) is 9.40 Å². The highest BCUT2D eigenvalue weighted by molar-refractivity contribution is 7.92. The predicted molar refractivity (Wildman–Crippen MR) is 141 cm³/mol. The van der Waals surface area contributed by atoms with Crippen LogP contribution >= 0.6 is 11.6 Å². The Kier molecular flexibility index (Phi) is 8.59. The van der Waals surface area contributed by atoms with Crippen molar-refractivity contribution >= 4 is 39.4 Å². The lowest BCUT2D eigenvalue weighted by molar-refractivity contribution is 0.170. The van der Waals surface area contributed by atoms with Crippen LogP contribution in [-0.4, -0.2) is 67.3 Å². The van der Waals surface area contributed by atoms with Gasteiger partial charge in [-0.15, -0.1) is 0 Å². The number of amides is 1. The van der Waals surface area contributed by atoms with E-state index in [1.54, 1.807) is 35.1 Å². The largest absolute Gasteiger partial charge is 0.453 e. The number of aromatic nitrogens is 4. The van der Waals surface area contributed by atoms with Gasteiger partial charge in [-0.05, 0) is 39.0 Å². The molecule has 11 nitrogen and oxygen atoms in total. The molecule has 0 aliphatic rings. The standard InChI is InChI=1S/C23H29ClFN7O4S/c1-13(2)32-12-17(18-7-8-26-22(28-18)31(4)14(3)11-27-23(33)36-5)21(29-32)16-9-15(24)10-19(20(16)25)30-37(6,34)35/h7-10,12-14,30H,11H2,1-6H3,(H,27,33)/t14-/m0/s1. The van der Waals surface area contributed by atoms with E-state index in [-0.39, 0.29) is 40.6 Å². The zero-order chi connectivity index (χ0) is 27.5. The molecule has 2 N–H and O–H groups in total. The Hall–Kier alpha value is -3.45. The summed E-state index contributed by atoms with van der Waals surface area (Å²) >= 11 is 6.23. The number of rotatable bonds is 9. The smallest absolute Gasteiger partial charge is 0.406 e. The molecule has 3 aromatic rings. The number of likely N-dealkylation sites (N-methyl/N-ethyl adjacent to an activating group) is 1. The summed E-state index contributed by atoms with van der Waals surface area (Å²) in [5, 5.41) is 7.33. The van der Waals surface area contributed by atoms with Crippen LogP contribution in [0.5, 0.6) is 0 Å². The molecular formula is C23H29ClFN7O4S. The highest BCUT2D eigenvalue weighted by Crippen LogP contribution is 2.37. The highest BCUT2D eigenvalue weighted by Gasteiger charge is 2.23. The maximum Gasteiger partial charge on any atom is 0.406 e. The molecule has 0 unspecified atom stereocenters. The van der Waals surface area contributed by atoms with E-state index in [1.165, 1.54) is 19.2 Å². The minimum absolute atomic E-state index is 0.0113. The van der Waals surface area contributed by atoms with Gasteiger partial charge in [-0.1, -0.05) is 11.6 Å². The molecule has 0 radical (unpaired) electrons. The zero-order valence-electron chi connectivity index (χ0n) is 21.3. The lowest BCUT2D eigenvalue weighted by Gasteiger charge is -2.25. The summed E-state index contributed by atoms with van der Waals surface area (Å²) in [7, 11) is -0.691. The molecule has 0 aliphatic carbocycles. The summed E-state index contributed by atoms with van der Waals surface area (Å²) in [5.41, 5.74) is 0.918. The maximum absolute atomic E-state index is 15.5. The molecule has 0 aliphatic heterocycles. The molecule has 200 valence electrons. The fourth-order valence-corrected chi connectivity index (χ4v) is 4.15. The third-order valence-corrected chi connectivity index (χ3v) is 6.28. The van der Waals surface area contributed by atoms with Crippen molar-refractivity contribution < 1.29 is 22.3 Å².